The Morgan fingerprint density at radius 1 is 1.30 bits per heavy atom. The molecule has 4 nitrogen and oxygen atoms in total. The van der Waals surface area contributed by atoms with Crippen molar-refractivity contribution in [2.45, 2.75) is 6.54 Å². The first-order valence-corrected chi connectivity index (χ1v) is 7.73. The van der Waals surface area contributed by atoms with Crippen molar-refractivity contribution in [3.8, 4) is 5.75 Å². The number of thiophene rings is 1. The van der Waals surface area contributed by atoms with E-state index in [0.29, 0.717) is 12.4 Å². The van der Waals surface area contributed by atoms with Crippen LogP contribution in [0.2, 0.25) is 0 Å². The van der Waals surface area contributed by atoms with Crippen LogP contribution in [0, 0.1) is 0 Å². The predicted molar refractivity (Wildman–Crippen MR) is 82.6 cm³/mol. The molecule has 1 heterocycles. The van der Waals surface area contributed by atoms with Crippen molar-refractivity contribution >= 4 is 33.2 Å². The van der Waals surface area contributed by atoms with Gasteiger partial charge in [0.05, 0.1) is 5.56 Å². The Kier molecular flexibility index (Phi) is 5.58. The van der Waals surface area contributed by atoms with Gasteiger partial charge in [0.2, 0.25) is 0 Å². The molecule has 2 aromatic rings. The molecule has 0 spiro atoms. The van der Waals surface area contributed by atoms with Gasteiger partial charge in [0, 0.05) is 22.4 Å². The second-order valence-electron chi connectivity index (χ2n) is 4.05. The lowest BCUT2D eigenvalue weighted by Crippen LogP contribution is -2.20. The van der Waals surface area contributed by atoms with Crippen LogP contribution in [-0.4, -0.2) is 24.2 Å². The Morgan fingerprint density at radius 2 is 2.05 bits per heavy atom. The number of halogens is 1. The Bertz CT molecular complexity index is 568. The lowest BCUT2D eigenvalue weighted by atomic mass is 10.2. The summed E-state index contributed by atoms with van der Waals surface area (Å²) in [6, 6.07) is 8.43. The van der Waals surface area contributed by atoms with E-state index < -0.39 is 5.97 Å². The minimum absolute atomic E-state index is 0.262. The average molecular weight is 356 g/mol. The average Bonchev–Trinajstić information content (AvgIpc) is 2.84. The van der Waals surface area contributed by atoms with Gasteiger partial charge in [0.15, 0.2) is 0 Å². The number of aromatic carboxylic acids is 1. The van der Waals surface area contributed by atoms with E-state index in [1.807, 2.05) is 11.4 Å². The summed E-state index contributed by atoms with van der Waals surface area (Å²) in [5.74, 6) is -0.256. The van der Waals surface area contributed by atoms with Crippen LogP contribution in [-0.2, 0) is 6.54 Å². The molecule has 0 aliphatic carbocycles. The fraction of sp³-hybridized carbons (Fsp3) is 0.214. The van der Waals surface area contributed by atoms with Gasteiger partial charge in [-0.15, -0.1) is 11.3 Å². The van der Waals surface area contributed by atoms with Crippen LogP contribution in [0.25, 0.3) is 0 Å². The summed E-state index contributed by atoms with van der Waals surface area (Å²) in [4.78, 5) is 12.0. The fourth-order valence-corrected chi connectivity index (χ4v) is 3.05. The smallest absolute Gasteiger partial charge is 0.335 e. The summed E-state index contributed by atoms with van der Waals surface area (Å²) >= 11 is 5.18. The first kappa shape index (κ1) is 15.0. The Morgan fingerprint density at radius 3 is 2.65 bits per heavy atom. The normalized spacial score (nSPS) is 10.4. The van der Waals surface area contributed by atoms with Gasteiger partial charge in [-0.3, -0.25) is 0 Å². The minimum atomic E-state index is -0.931. The molecular weight excluding hydrogens is 342 g/mol. The van der Waals surface area contributed by atoms with E-state index in [-0.39, 0.29) is 5.56 Å². The van der Waals surface area contributed by atoms with Crippen LogP contribution in [0.5, 0.6) is 5.75 Å². The molecule has 20 heavy (non-hydrogen) atoms. The molecule has 0 amide bonds. The lowest BCUT2D eigenvalue weighted by molar-refractivity contribution is 0.0697. The van der Waals surface area contributed by atoms with Gasteiger partial charge in [-0.05, 0) is 51.6 Å². The van der Waals surface area contributed by atoms with Crippen molar-refractivity contribution < 1.29 is 14.6 Å². The van der Waals surface area contributed by atoms with E-state index in [0.717, 1.165) is 17.6 Å². The van der Waals surface area contributed by atoms with Crippen molar-refractivity contribution in [3.63, 3.8) is 0 Å². The van der Waals surface area contributed by atoms with Crippen molar-refractivity contribution in [2.75, 3.05) is 13.2 Å². The van der Waals surface area contributed by atoms with Gasteiger partial charge in [0.25, 0.3) is 0 Å². The maximum absolute atomic E-state index is 10.7. The fourth-order valence-electron chi connectivity index (χ4n) is 1.59. The number of rotatable bonds is 7. The van der Waals surface area contributed by atoms with Gasteiger partial charge in [-0.2, -0.15) is 0 Å². The second kappa shape index (κ2) is 7.42. The number of carboxylic acids is 1. The molecule has 0 unspecified atom stereocenters. The minimum Gasteiger partial charge on any atom is -0.492 e. The highest BCUT2D eigenvalue weighted by Gasteiger charge is 2.02. The number of benzene rings is 1. The number of ether oxygens (including phenoxy) is 1. The molecule has 0 saturated carbocycles. The number of hydrogen-bond acceptors (Lipinski definition) is 4. The van der Waals surface area contributed by atoms with E-state index >= 15 is 0 Å². The second-order valence-corrected chi connectivity index (χ2v) is 5.90. The molecule has 0 saturated heterocycles. The SMILES string of the molecule is O=C(O)c1ccc(OCCNCc2sccc2Br)cc1. The van der Waals surface area contributed by atoms with Gasteiger partial charge < -0.3 is 15.2 Å². The lowest BCUT2D eigenvalue weighted by Gasteiger charge is -2.07. The number of nitrogens with one attached hydrogen (secondary N) is 1. The summed E-state index contributed by atoms with van der Waals surface area (Å²) in [6.45, 7) is 2.07. The van der Waals surface area contributed by atoms with E-state index in [1.165, 1.54) is 17.0 Å². The molecule has 6 heteroatoms. The summed E-state index contributed by atoms with van der Waals surface area (Å²) in [6.07, 6.45) is 0. The third-order valence-electron chi connectivity index (χ3n) is 2.63. The molecule has 0 aliphatic rings. The van der Waals surface area contributed by atoms with Gasteiger partial charge in [0.1, 0.15) is 12.4 Å². The third-order valence-corrected chi connectivity index (χ3v) is 4.55. The summed E-state index contributed by atoms with van der Waals surface area (Å²) in [5.41, 5.74) is 0.262. The molecule has 2 N–H and O–H groups in total. The first-order valence-electron chi connectivity index (χ1n) is 6.05. The molecule has 0 radical (unpaired) electrons. The third kappa shape index (κ3) is 4.33. The number of carboxylic acid groups (broad SMARTS) is 1. The molecule has 0 aliphatic heterocycles. The molecular formula is C14H14BrNO3S. The van der Waals surface area contributed by atoms with E-state index in [2.05, 4.69) is 21.2 Å². The zero-order valence-electron chi connectivity index (χ0n) is 10.6. The Labute approximate surface area is 129 Å². The van der Waals surface area contributed by atoms with Crippen LogP contribution in [0.15, 0.2) is 40.2 Å². The summed E-state index contributed by atoms with van der Waals surface area (Å²) in [7, 11) is 0. The highest BCUT2D eigenvalue weighted by Crippen LogP contribution is 2.22. The Balaban J connectivity index is 1.68. The zero-order chi connectivity index (χ0) is 14.4. The zero-order valence-corrected chi connectivity index (χ0v) is 13.0. The van der Waals surface area contributed by atoms with Gasteiger partial charge in [-0.25, -0.2) is 4.79 Å². The van der Waals surface area contributed by atoms with Crippen LogP contribution in [0.1, 0.15) is 15.2 Å². The van der Waals surface area contributed by atoms with Crippen molar-refractivity contribution in [1.82, 2.24) is 5.32 Å². The number of carbonyl (C=O) groups is 1. The summed E-state index contributed by atoms with van der Waals surface area (Å²) in [5, 5.41) is 14.1. The maximum Gasteiger partial charge on any atom is 0.335 e. The topological polar surface area (TPSA) is 58.6 Å². The highest BCUT2D eigenvalue weighted by molar-refractivity contribution is 9.10. The van der Waals surface area contributed by atoms with E-state index in [1.54, 1.807) is 23.5 Å². The molecule has 106 valence electrons. The largest absolute Gasteiger partial charge is 0.492 e. The van der Waals surface area contributed by atoms with Crippen LogP contribution < -0.4 is 10.1 Å². The number of hydrogen-bond donors (Lipinski definition) is 2. The highest BCUT2D eigenvalue weighted by atomic mass is 79.9. The molecule has 0 bridgehead atoms. The molecule has 0 atom stereocenters. The first-order chi connectivity index (χ1) is 9.66. The van der Waals surface area contributed by atoms with Gasteiger partial charge in [-0.1, -0.05) is 0 Å². The maximum atomic E-state index is 10.7. The van der Waals surface area contributed by atoms with E-state index in [4.69, 9.17) is 9.84 Å². The van der Waals surface area contributed by atoms with Crippen LogP contribution >= 0.6 is 27.3 Å². The van der Waals surface area contributed by atoms with Crippen LogP contribution in [0.3, 0.4) is 0 Å². The van der Waals surface area contributed by atoms with Crippen molar-refractivity contribution in [3.05, 3.63) is 50.6 Å². The summed E-state index contributed by atoms with van der Waals surface area (Å²) < 4.78 is 6.65. The van der Waals surface area contributed by atoms with Crippen molar-refractivity contribution in [2.24, 2.45) is 0 Å². The quantitative estimate of drug-likeness (QED) is 0.747. The standard InChI is InChI=1S/C14H14BrNO3S/c15-12-5-8-20-13(12)9-16-6-7-19-11-3-1-10(2-4-11)14(17)18/h1-5,8,16H,6-7,9H2,(H,17,18). The monoisotopic (exact) mass is 355 g/mol. The van der Waals surface area contributed by atoms with Gasteiger partial charge >= 0.3 is 5.97 Å². The predicted octanol–water partition coefficient (Wildman–Crippen LogP) is 3.38. The molecule has 2 rings (SSSR count). The van der Waals surface area contributed by atoms with E-state index in [9.17, 15) is 4.79 Å². The molecule has 1 aromatic carbocycles. The van der Waals surface area contributed by atoms with Crippen LogP contribution in [0.4, 0.5) is 0 Å². The van der Waals surface area contributed by atoms with Crippen molar-refractivity contribution in [1.29, 1.82) is 0 Å². The molecule has 0 fully saturated rings. The Hall–Kier alpha value is -1.37. The molecule has 1 aromatic heterocycles.